The minimum absolute atomic E-state index is 0.264. The zero-order valence-electron chi connectivity index (χ0n) is 12.6. The molecule has 1 aromatic carbocycles. The first kappa shape index (κ1) is 16.3. The molecule has 0 atom stereocenters. The molecule has 2 rings (SSSR count). The molecule has 116 valence electrons. The van der Waals surface area contributed by atoms with Crippen molar-refractivity contribution in [2.45, 2.75) is 13.8 Å². The molecule has 0 aliphatic heterocycles. The maximum Gasteiger partial charge on any atom is 0.256 e. The van der Waals surface area contributed by atoms with E-state index in [4.69, 9.17) is 9.47 Å². The number of hydrogen-bond acceptors (Lipinski definition) is 4. The highest BCUT2D eigenvalue weighted by atomic mass is 79.9. The van der Waals surface area contributed by atoms with Crippen LogP contribution in [-0.2, 0) is 0 Å². The van der Waals surface area contributed by atoms with Gasteiger partial charge >= 0.3 is 0 Å². The number of carbonyl (C=O) groups is 1. The quantitative estimate of drug-likeness (QED) is 0.875. The number of aromatic nitrogens is 1. The van der Waals surface area contributed by atoms with E-state index in [2.05, 4.69) is 26.2 Å². The Bertz CT molecular complexity index is 689. The number of pyridine rings is 1. The lowest BCUT2D eigenvalue weighted by atomic mass is 10.2. The fourth-order valence-electron chi connectivity index (χ4n) is 1.93. The third kappa shape index (κ3) is 3.76. The van der Waals surface area contributed by atoms with Crippen LogP contribution in [0.15, 0.2) is 34.9 Å². The van der Waals surface area contributed by atoms with Crippen LogP contribution in [0, 0.1) is 6.92 Å². The van der Waals surface area contributed by atoms with Crippen molar-refractivity contribution < 1.29 is 14.3 Å². The maximum absolute atomic E-state index is 12.3. The maximum atomic E-state index is 12.3. The number of ether oxygens (including phenoxy) is 2. The molecule has 6 heteroatoms. The summed E-state index contributed by atoms with van der Waals surface area (Å²) in [5.41, 5.74) is 1.48. The summed E-state index contributed by atoms with van der Waals surface area (Å²) in [6, 6.07) is 7.00. The minimum atomic E-state index is -0.264. The van der Waals surface area contributed by atoms with Crippen LogP contribution in [0.5, 0.6) is 11.5 Å². The Labute approximate surface area is 137 Å². The van der Waals surface area contributed by atoms with Crippen molar-refractivity contribution in [3.8, 4) is 11.5 Å². The number of benzene rings is 1. The van der Waals surface area contributed by atoms with Crippen LogP contribution in [0.4, 0.5) is 5.82 Å². The molecular weight excluding hydrogens is 348 g/mol. The summed E-state index contributed by atoms with van der Waals surface area (Å²) in [4.78, 5) is 16.5. The lowest BCUT2D eigenvalue weighted by Crippen LogP contribution is -2.13. The van der Waals surface area contributed by atoms with Gasteiger partial charge in [0.05, 0.1) is 18.2 Å². The Hall–Kier alpha value is -2.08. The van der Waals surface area contributed by atoms with Crippen molar-refractivity contribution in [3.63, 3.8) is 0 Å². The van der Waals surface area contributed by atoms with Crippen LogP contribution >= 0.6 is 15.9 Å². The first-order valence-electron chi connectivity index (χ1n) is 6.79. The molecule has 1 aromatic heterocycles. The van der Waals surface area contributed by atoms with E-state index >= 15 is 0 Å². The van der Waals surface area contributed by atoms with Crippen molar-refractivity contribution in [2.75, 3.05) is 19.0 Å². The monoisotopic (exact) mass is 364 g/mol. The van der Waals surface area contributed by atoms with E-state index in [1.165, 1.54) is 7.11 Å². The van der Waals surface area contributed by atoms with Crippen LogP contribution in [0.3, 0.4) is 0 Å². The average molecular weight is 365 g/mol. The highest BCUT2D eigenvalue weighted by Gasteiger charge is 2.15. The molecule has 0 saturated carbocycles. The number of anilines is 1. The number of hydrogen-bond donors (Lipinski definition) is 1. The van der Waals surface area contributed by atoms with Gasteiger partial charge in [-0.2, -0.15) is 0 Å². The number of rotatable bonds is 5. The molecular formula is C16H17BrN2O3. The zero-order valence-corrected chi connectivity index (χ0v) is 14.2. The Balaban J connectivity index is 2.28. The Morgan fingerprint density at radius 1 is 1.36 bits per heavy atom. The summed E-state index contributed by atoms with van der Waals surface area (Å²) in [6.07, 6.45) is 1.65. The van der Waals surface area contributed by atoms with Gasteiger partial charge in [0.25, 0.3) is 5.91 Å². The van der Waals surface area contributed by atoms with Gasteiger partial charge < -0.3 is 14.8 Å². The molecule has 0 aliphatic carbocycles. The first-order valence-corrected chi connectivity index (χ1v) is 7.58. The van der Waals surface area contributed by atoms with Gasteiger partial charge in [-0.1, -0.05) is 0 Å². The number of carbonyl (C=O) groups excluding carboxylic acids is 1. The molecule has 0 unspecified atom stereocenters. The Kier molecular flexibility index (Phi) is 5.38. The SMILES string of the molecule is CCOc1c(Br)cc(C(=O)Nc2cc(C)ccn2)cc1OC. The van der Waals surface area contributed by atoms with Gasteiger partial charge in [-0.15, -0.1) is 0 Å². The predicted molar refractivity (Wildman–Crippen MR) is 88.8 cm³/mol. The molecule has 1 N–H and O–H groups in total. The van der Waals surface area contributed by atoms with Gasteiger partial charge in [0.2, 0.25) is 0 Å². The third-order valence-electron chi connectivity index (χ3n) is 2.94. The number of amides is 1. The molecule has 0 aliphatic rings. The van der Waals surface area contributed by atoms with E-state index in [1.807, 2.05) is 19.9 Å². The second kappa shape index (κ2) is 7.26. The van der Waals surface area contributed by atoms with Gasteiger partial charge in [-0.05, 0) is 59.6 Å². The van der Waals surface area contributed by atoms with Crippen molar-refractivity contribution >= 4 is 27.7 Å². The molecule has 0 bridgehead atoms. The number of nitrogens with zero attached hydrogens (tertiary/aromatic N) is 1. The number of halogens is 1. The minimum Gasteiger partial charge on any atom is -0.493 e. The molecule has 2 aromatic rings. The molecule has 0 saturated heterocycles. The number of aryl methyl sites for hydroxylation is 1. The molecule has 0 radical (unpaired) electrons. The molecule has 5 nitrogen and oxygen atoms in total. The summed E-state index contributed by atoms with van der Waals surface area (Å²) in [6.45, 7) is 4.33. The van der Waals surface area contributed by atoms with Crippen LogP contribution < -0.4 is 14.8 Å². The Morgan fingerprint density at radius 3 is 2.77 bits per heavy atom. The molecule has 1 heterocycles. The van der Waals surface area contributed by atoms with Crippen LogP contribution in [0.2, 0.25) is 0 Å². The second-order valence-electron chi connectivity index (χ2n) is 4.60. The number of nitrogens with one attached hydrogen (secondary N) is 1. The van der Waals surface area contributed by atoms with Crippen molar-refractivity contribution in [3.05, 3.63) is 46.1 Å². The van der Waals surface area contributed by atoms with Gasteiger partial charge in [-0.25, -0.2) is 4.98 Å². The Morgan fingerprint density at radius 2 is 2.14 bits per heavy atom. The smallest absolute Gasteiger partial charge is 0.256 e. The van der Waals surface area contributed by atoms with E-state index in [9.17, 15) is 4.79 Å². The van der Waals surface area contributed by atoms with Crippen LogP contribution in [-0.4, -0.2) is 24.6 Å². The fourth-order valence-corrected chi connectivity index (χ4v) is 2.48. The zero-order chi connectivity index (χ0) is 16.1. The van der Waals surface area contributed by atoms with E-state index in [-0.39, 0.29) is 5.91 Å². The van der Waals surface area contributed by atoms with Crippen molar-refractivity contribution in [1.82, 2.24) is 4.98 Å². The highest BCUT2D eigenvalue weighted by Crippen LogP contribution is 2.36. The van der Waals surface area contributed by atoms with E-state index in [1.54, 1.807) is 24.4 Å². The van der Waals surface area contributed by atoms with Gasteiger partial charge in [0.1, 0.15) is 5.82 Å². The molecule has 0 spiro atoms. The summed E-state index contributed by atoms with van der Waals surface area (Å²) < 4.78 is 11.5. The lowest BCUT2D eigenvalue weighted by Gasteiger charge is -2.13. The summed E-state index contributed by atoms with van der Waals surface area (Å²) in [5, 5.41) is 2.76. The lowest BCUT2D eigenvalue weighted by molar-refractivity contribution is 0.102. The molecule has 22 heavy (non-hydrogen) atoms. The van der Waals surface area contributed by atoms with Crippen molar-refractivity contribution in [2.24, 2.45) is 0 Å². The second-order valence-corrected chi connectivity index (χ2v) is 5.45. The largest absolute Gasteiger partial charge is 0.493 e. The summed E-state index contributed by atoms with van der Waals surface area (Å²) in [7, 11) is 1.54. The fraction of sp³-hybridized carbons (Fsp3) is 0.250. The van der Waals surface area contributed by atoms with E-state index in [0.29, 0.717) is 34.0 Å². The molecule has 0 fully saturated rings. The summed E-state index contributed by atoms with van der Waals surface area (Å²) in [5.74, 6) is 1.32. The van der Waals surface area contributed by atoms with Crippen LogP contribution in [0.1, 0.15) is 22.8 Å². The third-order valence-corrected chi connectivity index (χ3v) is 3.53. The first-order chi connectivity index (χ1) is 10.5. The number of methoxy groups -OCH3 is 1. The molecule has 1 amide bonds. The van der Waals surface area contributed by atoms with E-state index < -0.39 is 0 Å². The topological polar surface area (TPSA) is 60.5 Å². The summed E-state index contributed by atoms with van der Waals surface area (Å²) >= 11 is 3.40. The van der Waals surface area contributed by atoms with Crippen molar-refractivity contribution in [1.29, 1.82) is 0 Å². The van der Waals surface area contributed by atoms with Gasteiger partial charge in [-0.3, -0.25) is 4.79 Å². The normalized spacial score (nSPS) is 10.2. The van der Waals surface area contributed by atoms with E-state index in [0.717, 1.165) is 5.56 Å². The van der Waals surface area contributed by atoms with Crippen LogP contribution in [0.25, 0.3) is 0 Å². The standard InChI is InChI=1S/C16H17BrN2O3/c1-4-22-15-12(17)8-11(9-13(15)21-3)16(20)19-14-7-10(2)5-6-18-14/h5-9H,4H2,1-3H3,(H,18,19,20). The van der Waals surface area contributed by atoms with Gasteiger partial charge in [0, 0.05) is 11.8 Å². The van der Waals surface area contributed by atoms with Gasteiger partial charge in [0.15, 0.2) is 11.5 Å². The highest BCUT2D eigenvalue weighted by molar-refractivity contribution is 9.10. The predicted octanol–water partition coefficient (Wildman–Crippen LogP) is 3.81. The average Bonchev–Trinajstić information content (AvgIpc) is 2.49.